The maximum atomic E-state index is 11.0. The molecule has 10 heavy (non-hydrogen) atoms. The van der Waals surface area contributed by atoms with Crippen molar-refractivity contribution in [2.75, 3.05) is 7.05 Å². The highest BCUT2D eigenvalue weighted by atomic mass is 32.2. The monoisotopic (exact) mass is 155 g/mol. The summed E-state index contributed by atoms with van der Waals surface area (Å²) >= 11 is 1.48. The first-order valence-electron chi connectivity index (χ1n) is 2.96. The Morgan fingerprint density at radius 2 is 2.40 bits per heavy atom. The third-order valence-electron chi connectivity index (χ3n) is 1.66. The van der Waals surface area contributed by atoms with Crippen LogP contribution in [0, 0.1) is 5.21 Å². The number of thioether (sulfide) groups is 1. The highest BCUT2D eigenvalue weighted by Gasteiger charge is 2.41. The SMILES string of the molecule is C[N+]12C=CSC1=[N+]([O-])C=C2. The Morgan fingerprint density at radius 1 is 1.60 bits per heavy atom. The van der Waals surface area contributed by atoms with Crippen LogP contribution in [0.1, 0.15) is 0 Å². The fourth-order valence-corrected chi connectivity index (χ4v) is 1.98. The molecule has 52 valence electrons. The van der Waals surface area contributed by atoms with Gasteiger partial charge in [-0.3, -0.25) is 0 Å². The Kier molecular flexibility index (Phi) is 0.988. The van der Waals surface area contributed by atoms with E-state index < -0.39 is 0 Å². The summed E-state index contributed by atoms with van der Waals surface area (Å²) in [5.41, 5.74) is 0. The summed E-state index contributed by atoms with van der Waals surface area (Å²) in [5, 5.41) is 13.7. The lowest BCUT2D eigenvalue weighted by Crippen LogP contribution is -2.33. The molecular weight excluding hydrogens is 148 g/mol. The van der Waals surface area contributed by atoms with E-state index in [9.17, 15) is 5.21 Å². The zero-order valence-corrected chi connectivity index (χ0v) is 6.34. The normalized spacial score (nSPS) is 35.7. The van der Waals surface area contributed by atoms with E-state index in [1.165, 1.54) is 11.8 Å². The zero-order chi connectivity index (χ0) is 7.19. The molecule has 0 bridgehead atoms. The second-order valence-corrected chi connectivity index (χ2v) is 3.33. The van der Waals surface area contributed by atoms with Gasteiger partial charge >= 0.3 is 5.17 Å². The van der Waals surface area contributed by atoms with Crippen molar-refractivity contribution in [3.8, 4) is 0 Å². The number of fused-ring (bicyclic) bond motifs is 1. The average molecular weight is 155 g/mol. The number of nitrogens with zero attached hydrogens (tertiary/aromatic N) is 2. The van der Waals surface area contributed by atoms with Crippen LogP contribution in [0.2, 0.25) is 0 Å². The summed E-state index contributed by atoms with van der Waals surface area (Å²) in [6.07, 6.45) is 5.39. The fourth-order valence-electron chi connectivity index (χ4n) is 1.04. The van der Waals surface area contributed by atoms with Gasteiger partial charge < -0.3 is 5.21 Å². The molecule has 0 saturated heterocycles. The number of hydroxylamine groups is 1. The van der Waals surface area contributed by atoms with Gasteiger partial charge in [0.2, 0.25) is 6.20 Å². The van der Waals surface area contributed by atoms with Crippen molar-refractivity contribution in [1.29, 1.82) is 0 Å². The van der Waals surface area contributed by atoms with Crippen molar-refractivity contribution in [2.45, 2.75) is 0 Å². The van der Waals surface area contributed by atoms with Crippen molar-refractivity contribution < 1.29 is 9.22 Å². The Labute approximate surface area is 63.1 Å². The minimum Gasteiger partial charge on any atom is -0.614 e. The second-order valence-electron chi connectivity index (χ2n) is 2.46. The largest absolute Gasteiger partial charge is 0.614 e. The molecule has 0 N–H and O–H groups in total. The van der Waals surface area contributed by atoms with Gasteiger partial charge in [-0.1, -0.05) is 0 Å². The third kappa shape index (κ3) is 0.574. The van der Waals surface area contributed by atoms with Crippen LogP contribution < -0.4 is 0 Å². The molecule has 0 saturated carbocycles. The summed E-state index contributed by atoms with van der Waals surface area (Å²) in [5.74, 6) is 0. The van der Waals surface area contributed by atoms with Gasteiger partial charge in [-0.05, 0) is 0 Å². The molecule has 2 rings (SSSR count). The summed E-state index contributed by atoms with van der Waals surface area (Å²) in [7, 11) is 1.97. The smallest absolute Gasteiger partial charge is 0.431 e. The van der Waals surface area contributed by atoms with Crippen molar-refractivity contribution in [3.05, 3.63) is 29.2 Å². The van der Waals surface area contributed by atoms with Crippen LogP contribution in [0.5, 0.6) is 0 Å². The highest BCUT2D eigenvalue weighted by molar-refractivity contribution is 8.16. The number of hydrogen-bond donors (Lipinski definition) is 0. The van der Waals surface area contributed by atoms with Crippen LogP contribution in [-0.4, -0.2) is 21.4 Å². The van der Waals surface area contributed by atoms with Crippen LogP contribution >= 0.6 is 11.8 Å². The van der Waals surface area contributed by atoms with Gasteiger partial charge in [-0.2, -0.15) is 4.48 Å². The topological polar surface area (TPSA) is 26.1 Å². The van der Waals surface area contributed by atoms with E-state index in [-0.39, 0.29) is 0 Å². The van der Waals surface area contributed by atoms with Gasteiger partial charge in [0, 0.05) is 17.2 Å². The summed E-state index contributed by atoms with van der Waals surface area (Å²) in [6, 6.07) is 0. The van der Waals surface area contributed by atoms with Crippen LogP contribution in [0.25, 0.3) is 0 Å². The van der Waals surface area contributed by atoms with E-state index in [1.54, 1.807) is 6.20 Å². The Balaban J connectivity index is 2.54. The lowest BCUT2D eigenvalue weighted by atomic mass is 10.6. The molecule has 0 radical (unpaired) electrons. The van der Waals surface area contributed by atoms with Gasteiger partial charge in [-0.15, -0.1) is 4.74 Å². The number of hydrogen-bond acceptors (Lipinski definition) is 2. The van der Waals surface area contributed by atoms with Gasteiger partial charge in [0.1, 0.15) is 6.20 Å². The lowest BCUT2D eigenvalue weighted by molar-refractivity contribution is -0.710. The molecule has 0 spiro atoms. The minimum atomic E-state index is 0.536. The molecule has 2 aliphatic heterocycles. The van der Waals surface area contributed by atoms with Gasteiger partial charge in [-0.25, -0.2) is 0 Å². The minimum absolute atomic E-state index is 0.536. The Bertz CT molecular complexity index is 269. The summed E-state index contributed by atoms with van der Waals surface area (Å²) in [6.45, 7) is 0. The van der Waals surface area contributed by atoms with E-state index in [2.05, 4.69) is 0 Å². The van der Waals surface area contributed by atoms with E-state index in [1.807, 2.05) is 24.9 Å². The Hall–Kier alpha value is -0.740. The first-order valence-corrected chi connectivity index (χ1v) is 3.84. The molecular formula is C6H7N2OS+. The molecule has 0 amide bonds. The number of quaternary nitrogens is 1. The van der Waals surface area contributed by atoms with Crippen molar-refractivity contribution in [2.24, 2.45) is 0 Å². The number of rotatable bonds is 0. The summed E-state index contributed by atoms with van der Waals surface area (Å²) in [4.78, 5) is 0. The quantitative estimate of drug-likeness (QED) is 0.296. The molecule has 4 heteroatoms. The maximum Gasteiger partial charge on any atom is 0.431 e. The van der Waals surface area contributed by atoms with Crippen LogP contribution in [0.3, 0.4) is 0 Å². The van der Waals surface area contributed by atoms with E-state index in [0.717, 1.165) is 9.91 Å². The van der Waals surface area contributed by atoms with Crippen molar-refractivity contribution in [3.63, 3.8) is 0 Å². The molecule has 0 aromatic carbocycles. The molecule has 0 aromatic heterocycles. The molecule has 0 aliphatic carbocycles. The average Bonchev–Trinajstić information content (AvgIpc) is 2.35. The standard InChI is InChI=1S/C6H7N2OS/c1-8-3-2-7(9)6(8)10-5-4-8/h2-5H,1H3/q+1. The summed E-state index contributed by atoms with van der Waals surface area (Å²) < 4.78 is 1.44. The predicted molar refractivity (Wildman–Crippen MR) is 40.7 cm³/mol. The number of amidine groups is 1. The first kappa shape index (κ1) is 6.00. The predicted octanol–water partition coefficient (Wildman–Crippen LogP) is 1.00. The third-order valence-corrected chi connectivity index (χ3v) is 2.70. The van der Waals surface area contributed by atoms with E-state index in [4.69, 9.17) is 0 Å². The molecule has 3 nitrogen and oxygen atoms in total. The van der Waals surface area contributed by atoms with Gasteiger partial charge in [0.15, 0.2) is 6.20 Å². The van der Waals surface area contributed by atoms with Crippen LogP contribution in [0.15, 0.2) is 24.0 Å². The van der Waals surface area contributed by atoms with Crippen LogP contribution in [0.4, 0.5) is 0 Å². The first-order chi connectivity index (χ1) is 4.72. The molecule has 0 fully saturated rings. The van der Waals surface area contributed by atoms with Gasteiger partial charge in [0.25, 0.3) is 0 Å². The Morgan fingerprint density at radius 3 is 3.10 bits per heavy atom. The highest BCUT2D eigenvalue weighted by Crippen LogP contribution is 2.29. The van der Waals surface area contributed by atoms with Crippen molar-refractivity contribution in [1.82, 2.24) is 0 Å². The lowest BCUT2D eigenvalue weighted by Gasteiger charge is -2.11. The molecule has 1 atom stereocenters. The second kappa shape index (κ2) is 1.65. The van der Waals surface area contributed by atoms with Crippen LogP contribution in [-0.2, 0) is 0 Å². The molecule has 2 aliphatic rings. The molecule has 0 aromatic rings. The van der Waals surface area contributed by atoms with E-state index >= 15 is 0 Å². The van der Waals surface area contributed by atoms with Crippen molar-refractivity contribution >= 4 is 16.9 Å². The zero-order valence-electron chi connectivity index (χ0n) is 5.52. The maximum absolute atomic E-state index is 11.0. The molecule has 1 unspecified atom stereocenters. The molecule has 2 heterocycles. The van der Waals surface area contributed by atoms with E-state index in [0.29, 0.717) is 4.48 Å². The fraction of sp³-hybridized carbons (Fsp3) is 0.167. The van der Waals surface area contributed by atoms with Gasteiger partial charge in [0.05, 0.1) is 7.05 Å².